The minimum Gasteiger partial charge on any atom is -0.330 e. The van der Waals surface area contributed by atoms with Crippen LogP contribution in [0.25, 0.3) is 0 Å². The maximum atomic E-state index is 5.74. The van der Waals surface area contributed by atoms with Crippen LogP contribution >= 0.6 is 0 Å². The van der Waals surface area contributed by atoms with Crippen LogP contribution in [0, 0.1) is 11.8 Å². The summed E-state index contributed by atoms with van der Waals surface area (Å²) in [5.41, 5.74) is 7.15. The second-order valence-corrected chi connectivity index (χ2v) is 5.80. The van der Waals surface area contributed by atoms with Crippen molar-refractivity contribution in [1.82, 2.24) is 4.90 Å². The van der Waals surface area contributed by atoms with Gasteiger partial charge in [-0.25, -0.2) is 0 Å². The van der Waals surface area contributed by atoms with E-state index in [0.29, 0.717) is 0 Å². The highest BCUT2D eigenvalue weighted by Crippen LogP contribution is 2.28. The summed E-state index contributed by atoms with van der Waals surface area (Å²) in [6, 6.07) is 10.7. The molecule has 0 amide bonds. The maximum absolute atomic E-state index is 5.74. The molecule has 0 spiro atoms. The molecule has 18 heavy (non-hydrogen) atoms. The number of hydrogen-bond donors (Lipinski definition) is 1. The molecule has 100 valence electrons. The summed E-state index contributed by atoms with van der Waals surface area (Å²) >= 11 is 0. The Morgan fingerprint density at radius 1 is 1.06 bits per heavy atom. The summed E-state index contributed by atoms with van der Waals surface area (Å²) in [4.78, 5) is 2.46. The molecular formula is C16H26N2. The van der Waals surface area contributed by atoms with Crippen molar-refractivity contribution in [2.75, 3.05) is 20.1 Å². The summed E-state index contributed by atoms with van der Waals surface area (Å²) in [5, 5.41) is 0. The quantitative estimate of drug-likeness (QED) is 0.865. The third kappa shape index (κ3) is 4.11. The summed E-state index contributed by atoms with van der Waals surface area (Å²) in [6.45, 7) is 3.18. The standard InChI is InChI=1S/C16H26N2/c1-18(12-15-5-3-2-4-6-15)13-16-9-7-14(11-17)8-10-16/h2-6,14,16H,7-13,17H2,1H3. The highest BCUT2D eigenvalue weighted by Gasteiger charge is 2.21. The third-order valence-electron chi connectivity index (χ3n) is 4.16. The Balaban J connectivity index is 1.73. The number of nitrogens with two attached hydrogens (primary N) is 1. The van der Waals surface area contributed by atoms with Gasteiger partial charge in [0.15, 0.2) is 0 Å². The molecule has 0 atom stereocenters. The number of nitrogens with zero attached hydrogens (tertiary/aromatic N) is 1. The van der Waals surface area contributed by atoms with Gasteiger partial charge in [-0.05, 0) is 56.7 Å². The molecule has 1 saturated carbocycles. The van der Waals surface area contributed by atoms with Gasteiger partial charge in [-0.2, -0.15) is 0 Å². The topological polar surface area (TPSA) is 29.3 Å². The van der Waals surface area contributed by atoms with Gasteiger partial charge in [-0.3, -0.25) is 0 Å². The Labute approximate surface area is 111 Å². The summed E-state index contributed by atoms with van der Waals surface area (Å²) in [6.07, 6.45) is 5.39. The molecule has 1 aromatic carbocycles. The van der Waals surface area contributed by atoms with E-state index in [-0.39, 0.29) is 0 Å². The lowest BCUT2D eigenvalue weighted by molar-refractivity contribution is 0.201. The predicted octanol–water partition coefficient (Wildman–Crippen LogP) is 2.88. The van der Waals surface area contributed by atoms with E-state index in [1.165, 1.54) is 37.8 Å². The van der Waals surface area contributed by atoms with E-state index in [9.17, 15) is 0 Å². The smallest absolute Gasteiger partial charge is 0.0230 e. The van der Waals surface area contributed by atoms with E-state index in [4.69, 9.17) is 5.73 Å². The lowest BCUT2D eigenvalue weighted by Gasteiger charge is -2.30. The Bertz CT molecular complexity index is 328. The van der Waals surface area contributed by atoms with Crippen LogP contribution in [0.5, 0.6) is 0 Å². The summed E-state index contributed by atoms with van der Waals surface area (Å²) in [5.74, 6) is 1.67. The van der Waals surface area contributed by atoms with E-state index in [1.807, 2.05) is 0 Å². The highest BCUT2D eigenvalue weighted by atomic mass is 15.1. The fraction of sp³-hybridized carbons (Fsp3) is 0.625. The van der Waals surface area contributed by atoms with Crippen LogP contribution in [0.3, 0.4) is 0 Å². The zero-order valence-corrected chi connectivity index (χ0v) is 11.5. The van der Waals surface area contributed by atoms with Gasteiger partial charge in [0.25, 0.3) is 0 Å². The molecule has 2 nitrogen and oxygen atoms in total. The minimum atomic E-state index is 0.792. The lowest BCUT2D eigenvalue weighted by atomic mass is 9.82. The van der Waals surface area contributed by atoms with Crippen LogP contribution in [0.1, 0.15) is 31.2 Å². The van der Waals surface area contributed by atoms with Crippen molar-refractivity contribution in [1.29, 1.82) is 0 Å². The number of hydrogen-bond acceptors (Lipinski definition) is 2. The predicted molar refractivity (Wildman–Crippen MR) is 77.3 cm³/mol. The molecule has 0 aliphatic heterocycles. The molecule has 0 radical (unpaired) electrons. The summed E-state index contributed by atoms with van der Waals surface area (Å²) < 4.78 is 0. The first kappa shape index (κ1) is 13.6. The first-order chi connectivity index (χ1) is 8.78. The number of benzene rings is 1. The average molecular weight is 246 g/mol. The van der Waals surface area contributed by atoms with E-state index < -0.39 is 0 Å². The fourth-order valence-electron chi connectivity index (χ4n) is 3.05. The van der Waals surface area contributed by atoms with Crippen LogP contribution < -0.4 is 5.73 Å². The third-order valence-corrected chi connectivity index (χ3v) is 4.16. The van der Waals surface area contributed by atoms with Gasteiger partial charge in [-0.1, -0.05) is 30.3 Å². The molecule has 0 bridgehead atoms. The molecule has 2 heteroatoms. The Morgan fingerprint density at radius 2 is 1.67 bits per heavy atom. The first-order valence-electron chi connectivity index (χ1n) is 7.20. The van der Waals surface area contributed by atoms with Crippen molar-refractivity contribution in [3.05, 3.63) is 35.9 Å². The minimum absolute atomic E-state index is 0.792. The van der Waals surface area contributed by atoms with Gasteiger partial charge in [0.05, 0.1) is 0 Å². The molecule has 0 unspecified atom stereocenters. The zero-order chi connectivity index (χ0) is 12.8. The van der Waals surface area contributed by atoms with E-state index in [0.717, 1.165) is 24.9 Å². The van der Waals surface area contributed by atoms with Gasteiger partial charge >= 0.3 is 0 Å². The first-order valence-corrected chi connectivity index (χ1v) is 7.20. The zero-order valence-electron chi connectivity index (χ0n) is 11.5. The monoisotopic (exact) mass is 246 g/mol. The van der Waals surface area contributed by atoms with Crippen molar-refractivity contribution in [2.45, 2.75) is 32.2 Å². The van der Waals surface area contributed by atoms with Crippen LogP contribution in [0.4, 0.5) is 0 Å². The molecule has 2 N–H and O–H groups in total. The second kappa shape index (κ2) is 6.91. The Kier molecular flexibility index (Phi) is 5.21. The molecule has 0 heterocycles. The van der Waals surface area contributed by atoms with Crippen LogP contribution in [-0.2, 0) is 6.54 Å². The molecule has 0 aromatic heterocycles. The molecule has 0 saturated heterocycles. The van der Waals surface area contributed by atoms with E-state index >= 15 is 0 Å². The average Bonchev–Trinajstić information content (AvgIpc) is 2.40. The Hall–Kier alpha value is -0.860. The van der Waals surface area contributed by atoms with Gasteiger partial charge in [0.1, 0.15) is 0 Å². The van der Waals surface area contributed by atoms with Gasteiger partial charge in [-0.15, -0.1) is 0 Å². The van der Waals surface area contributed by atoms with Crippen LogP contribution in [0.2, 0.25) is 0 Å². The molecular weight excluding hydrogens is 220 g/mol. The van der Waals surface area contributed by atoms with Crippen molar-refractivity contribution in [2.24, 2.45) is 17.6 Å². The highest BCUT2D eigenvalue weighted by molar-refractivity contribution is 5.14. The largest absolute Gasteiger partial charge is 0.330 e. The van der Waals surface area contributed by atoms with Crippen molar-refractivity contribution in [3.63, 3.8) is 0 Å². The van der Waals surface area contributed by atoms with Crippen molar-refractivity contribution >= 4 is 0 Å². The molecule has 1 aliphatic rings. The number of rotatable bonds is 5. The van der Waals surface area contributed by atoms with Crippen LogP contribution in [-0.4, -0.2) is 25.0 Å². The lowest BCUT2D eigenvalue weighted by Crippen LogP contribution is -2.29. The van der Waals surface area contributed by atoms with E-state index in [1.54, 1.807) is 0 Å². The molecule has 2 rings (SSSR count). The van der Waals surface area contributed by atoms with Gasteiger partial charge < -0.3 is 10.6 Å². The summed E-state index contributed by atoms with van der Waals surface area (Å²) in [7, 11) is 2.24. The van der Waals surface area contributed by atoms with E-state index in [2.05, 4.69) is 42.3 Å². The normalized spacial score (nSPS) is 24.4. The second-order valence-electron chi connectivity index (χ2n) is 5.80. The SMILES string of the molecule is CN(Cc1ccccc1)CC1CCC(CN)CC1. The molecule has 1 aliphatic carbocycles. The molecule has 1 fully saturated rings. The van der Waals surface area contributed by atoms with Crippen LogP contribution in [0.15, 0.2) is 30.3 Å². The maximum Gasteiger partial charge on any atom is 0.0230 e. The molecule has 1 aromatic rings. The Morgan fingerprint density at radius 3 is 2.28 bits per heavy atom. The van der Waals surface area contributed by atoms with Gasteiger partial charge in [0.2, 0.25) is 0 Å². The van der Waals surface area contributed by atoms with Crippen molar-refractivity contribution in [3.8, 4) is 0 Å². The fourth-order valence-corrected chi connectivity index (χ4v) is 3.05. The van der Waals surface area contributed by atoms with Crippen molar-refractivity contribution < 1.29 is 0 Å². The van der Waals surface area contributed by atoms with Gasteiger partial charge in [0, 0.05) is 13.1 Å².